The van der Waals surface area contributed by atoms with Gasteiger partial charge in [0.05, 0.1) is 23.8 Å². The largest absolute Gasteiger partial charge is 0.253 e. The summed E-state index contributed by atoms with van der Waals surface area (Å²) in [4.78, 5) is 9.21. The van der Waals surface area contributed by atoms with Crippen LogP contribution in [0.15, 0.2) is 85.2 Å². The van der Waals surface area contributed by atoms with Crippen LogP contribution in [0.1, 0.15) is 33.6 Å². The van der Waals surface area contributed by atoms with Gasteiger partial charge >= 0.3 is 0 Å². The van der Waals surface area contributed by atoms with Gasteiger partial charge in [-0.2, -0.15) is 0 Å². The molecule has 0 aliphatic carbocycles. The van der Waals surface area contributed by atoms with Gasteiger partial charge in [0.2, 0.25) is 0 Å². The molecule has 0 aliphatic heterocycles. The molecule has 0 saturated carbocycles. The van der Waals surface area contributed by atoms with Gasteiger partial charge < -0.3 is 0 Å². The summed E-state index contributed by atoms with van der Waals surface area (Å²) in [6.07, 6.45) is 11.9. The summed E-state index contributed by atoms with van der Waals surface area (Å²) in [7, 11) is 0. The van der Waals surface area contributed by atoms with Crippen LogP contribution >= 0.6 is 22.7 Å². The van der Waals surface area contributed by atoms with Crippen molar-refractivity contribution in [3.05, 3.63) is 119 Å². The lowest BCUT2D eigenvalue weighted by Gasteiger charge is -1.98. The van der Waals surface area contributed by atoms with Crippen LogP contribution in [0.4, 0.5) is 0 Å². The number of benzene rings is 4. The Bertz CT molecular complexity index is 1890. The first-order valence-corrected chi connectivity index (χ1v) is 14.3. The fourth-order valence-electron chi connectivity index (χ4n) is 4.89. The number of aryl methyl sites for hydroxylation is 2. The molecule has 0 radical (unpaired) electrons. The van der Waals surface area contributed by atoms with Gasteiger partial charge in [0.15, 0.2) is 0 Å². The highest BCUT2D eigenvalue weighted by Gasteiger charge is 2.06. The van der Waals surface area contributed by atoms with Crippen LogP contribution < -0.4 is 0 Å². The molecule has 7 rings (SSSR count). The molecule has 4 aromatic carbocycles. The average molecular weight is 525 g/mol. The molecule has 3 aromatic heterocycles. The van der Waals surface area contributed by atoms with Crippen molar-refractivity contribution in [3.63, 3.8) is 0 Å². The van der Waals surface area contributed by atoms with Crippen molar-refractivity contribution in [2.75, 3.05) is 0 Å². The van der Waals surface area contributed by atoms with Gasteiger partial charge in [-0.25, -0.2) is 0 Å². The summed E-state index contributed by atoms with van der Waals surface area (Å²) < 4.78 is 5.30. The maximum atomic E-state index is 4.60. The van der Waals surface area contributed by atoms with E-state index in [0.717, 1.165) is 11.4 Å². The first-order valence-electron chi connectivity index (χ1n) is 12.6. The summed E-state index contributed by atoms with van der Waals surface area (Å²) in [5, 5.41) is 5.30. The number of fused-ring (bicyclic) bond motifs is 6. The molecule has 182 valence electrons. The number of aromatic nitrogens is 2. The van der Waals surface area contributed by atoms with E-state index in [9.17, 15) is 0 Å². The van der Waals surface area contributed by atoms with E-state index in [1.54, 1.807) is 0 Å². The first-order chi connectivity index (χ1) is 18.6. The topological polar surface area (TPSA) is 25.8 Å². The van der Waals surface area contributed by atoms with E-state index in [1.165, 1.54) is 62.6 Å². The molecular formula is C34H24N2S2. The molecule has 4 heteroatoms. The lowest BCUT2D eigenvalue weighted by molar-refractivity contribution is 1.16. The van der Waals surface area contributed by atoms with Crippen molar-refractivity contribution in [2.45, 2.75) is 13.8 Å². The highest BCUT2D eigenvalue weighted by molar-refractivity contribution is 7.26. The van der Waals surface area contributed by atoms with Gasteiger partial charge in [0.1, 0.15) is 0 Å². The Labute approximate surface area is 229 Å². The molecule has 0 spiro atoms. The van der Waals surface area contributed by atoms with Crippen molar-refractivity contribution in [3.8, 4) is 0 Å². The fraction of sp³-hybridized carbons (Fsp3) is 0.0588. The third-order valence-electron chi connectivity index (χ3n) is 6.89. The SMILES string of the molecule is Cc1ccc2c(c1)sc1cc(/C=C/c3cnc(/C=C/c4ccc5c(c4)sc4cc(C)ccc45)cn3)ccc12. The molecule has 2 nitrogen and oxygen atoms in total. The van der Waals surface area contributed by atoms with E-state index in [4.69, 9.17) is 0 Å². The summed E-state index contributed by atoms with van der Waals surface area (Å²) in [6.45, 7) is 4.29. The van der Waals surface area contributed by atoms with Crippen molar-refractivity contribution in [1.82, 2.24) is 9.97 Å². The van der Waals surface area contributed by atoms with Crippen molar-refractivity contribution in [2.24, 2.45) is 0 Å². The van der Waals surface area contributed by atoms with E-state index >= 15 is 0 Å². The molecule has 0 aliphatic rings. The predicted octanol–water partition coefficient (Wildman–Crippen LogP) is 10.2. The van der Waals surface area contributed by atoms with E-state index < -0.39 is 0 Å². The number of hydrogen-bond donors (Lipinski definition) is 0. The number of nitrogens with zero attached hydrogens (tertiary/aromatic N) is 2. The maximum Gasteiger partial charge on any atom is 0.0813 e. The quantitative estimate of drug-likeness (QED) is 0.229. The minimum atomic E-state index is 0.844. The minimum absolute atomic E-state index is 0.844. The minimum Gasteiger partial charge on any atom is -0.253 e. The summed E-state index contributed by atoms with van der Waals surface area (Å²) in [5.41, 5.74) is 6.62. The normalized spacial score (nSPS) is 12.3. The zero-order chi connectivity index (χ0) is 25.6. The summed E-state index contributed by atoms with van der Waals surface area (Å²) in [6, 6.07) is 26.7. The number of rotatable bonds is 4. The van der Waals surface area contributed by atoms with Gasteiger partial charge in [-0.3, -0.25) is 9.97 Å². The molecule has 0 saturated heterocycles. The summed E-state index contributed by atoms with van der Waals surface area (Å²) >= 11 is 3.70. The van der Waals surface area contributed by atoms with Gasteiger partial charge in [-0.1, -0.05) is 60.7 Å². The molecule has 0 unspecified atom stereocenters. The smallest absolute Gasteiger partial charge is 0.0813 e. The van der Waals surface area contributed by atoms with Gasteiger partial charge in [0.25, 0.3) is 0 Å². The predicted molar refractivity (Wildman–Crippen MR) is 168 cm³/mol. The zero-order valence-corrected chi connectivity index (χ0v) is 22.7. The monoisotopic (exact) mass is 524 g/mol. The van der Waals surface area contributed by atoms with Crippen LogP contribution in [0.5, 0.6) is 0 Å². The highest BCUT2D eigenvalue weighted by atomic mass is 32.1. The Balaban J connectivity index is 1.08. The van der Waals surface area contributed by atoms with Crippen LogP contribution in [-0.4, -0.2) is 9.97 Å². The second-order valence-corrected chi connectivity index (χ2v) is 11.9. The van der Waals surface area contributed by atoms with Crippen LogP contribution in [-0.2, 0) is 0 Å². The summed E-state index contributed by atoms with van der Waals surface area (Å²) in [5.74, 6) is 0. The van der Waals surface area contributed by atoms with Crippen molar-refractivity contribution < 1.29 is 0 Å². The molecule has 0 bridgehead atoms. The fourth-order valence-corrected chi connectivity index (χ4v) is 7.40. The van der Waals surface area contributed by atoms with Gasteiger partial charge in [-0.05, 0) is 72.5 Å². The second-order valence-electron chi connectivity index (χ2n) is 9.75. The van der Waals surface area contributed by atoms with Crippen molar-refractivity contribution >= 4 is 87.3 Å². The zero-order valence-electron chi connectivity index (χ0n) is 21.1. The standard InChI is InChI=1S/C34H24N2S2/c1-21-3-11-27-29-13-7-23(17-33(29)37-31(27)15-21)5-9-25-19-36-26(20-35-25)10-6-24-8-14-30-28-12-4-22(2)16-32(28)38-34(30)18-24/h3-20H,1-2H3/b9-5+,10-6+. The van der Waals surface area contributed by atoms with Crippen molar-refractivity contribution in [1.29, 1.82) is 0 Å². The lowest BCUT2D eigenvalue weighted by atomic mass is 10.1. The Morgan fingerprint density at radius 1 is 0.474 bits per heavy atom. The molecule has 0 amide bonds. The molecule has 7 aromatic rings. The van der Waals surface area contributed by atoms with Crippen LogP contribution in [0.25, 0.3) is 64.6 Å². The first kappa shape index (κ1) is 23.0. The Hall–Kier alpha value is -4.12. The number of thiophene rings is 2. The van der Waals surface area contributed by atoms with Crippen LogP contribution in [0.3, 0.4) is 0 Å². The van der Waals surface area contributed by atoms with E-state index in [0.29, 0.717) is 0 Å². The molecule has 0 atom stereocenters. The van der Waals surface area contributed by atoms with Crippen LogP contribution in [0, 0.1) is 13.8 Å². The molecule has 3 heterocycles. The van der Waals surface area contributed by atoms with Crippen LogP contribution in [0.2, 0.25) is 0 Å². The van der Waals surface area contributed by atoms with E-state index in [-0.39, 0.29) is 0 Å². The third kappa shape index (κ3) is 4.32. The molecule has 0 N–H and O–H groups in total. The molecule has 0 fully saturated rings. The Morgan fingerprint density at radius 2 is 0.868 bits per heavy atom. The Morgan fingerprint density at radius 3 is 1.29 bits per heavy atom. The van der Waals surface area contributed by atoms with E-state index in [2.05, 4.69) is 109 Å². The Kier molecular flexibility index (Phi) is 5.65. The van der Waals surface area contributed by atoms with Gasteiger partial charge in [0, 0.05) is 40.3 Å². The maximum absolute atomic E-state index is 4.60. The average Bonchev–Trinajstić information content (AvgIpc) is 3.47. The van der Waals surface area contributed by atoms with Gasteiger partial charge in [-0.15, -0.1) is 22.7 Å². The second kappa shape index (κ2) is 9.32. The third-order valence-corrected chi connectivity index (χ3v) is 9.12. The number of hydrogen-bond acceptors (Lipinski definition) is 4. The van der Waals surface area contributed by atoms with E-state index in [1.807, 2.05) is 47.2 Å². The molecule has 38 heavy (non-hydrogen) atoms. The lowest BCUT2D eigenvalue weighted by Crippen LogP contribution is -1.86. The highest BCUT2D eigenvalue weighted by Crippen LogP contribution is 2.36. The molecular weight excluding hydrogens is 501 g/mol.